The van der Waals surface area contributed by atoms with Crippen LogP contribution in [0.25, 0.3) is 0 Å². The van der Waals surface area contributed by atoms with Crippen molar-refractivity contribution in [1.29, 1.82) is 0 Å². The summed E-state index contributed by atoms with van der Waals surface area (Å²) >= 11 is 0. The van der Waals surface area contributed by atoms with Crippen LogP contribution in [0.5, 0.6) is 11.5 Å². The van der Waals surface area contributed by atoms with Gasteiger partial charge in [-0.05, 0) is 43.9 Å². The molecule has 1 aromatic carbocycles. The quantitative estimate of drug-likeness (QED) is 0.806. The molecule has 3 nitrogen and oxygen atoms in total. The molecule has 0 spiro atoms. The maximum Gasteiger partial charge on any atom is 0.161 e. The van der Waals surface area contributed by atoms with E-state index in [0.29, 0.717) is 13.2 Å². The van der Waals surface area contributed by atoms with Gasteiger partial charge in [-0.2, -0.15) is 0 Å². The minimum atomic E-state index is 0.118. The maximum atomic E-state index is 6.23. The molecule has 0 radical (unpaired) electrons. The van der Waals surface area contributed by atoms with Crippen molar-refractivity contribution in [3.63, 3.8) is 0 Å². The van der Waals surface area contributed by atoms with Crippen LogP contribution in [0.15, 0.2) is 18.2 Å². The zero-order valence-corrected chi connectivity index (χ0v) is 11.3. The minimum Gasteiger partial charge on any atom is -0.490 e. The lowest BCUT2D eigenvalue weighted by Gasteiger charge is -2.16. The van der Waals surface area contributed by atoms with Crippen molar-refractivity contribution in [1.82, 2.24) is 0 Å². The van der Waals surface area contributed by atoms with Crippen molar-refractivity contribution in [3.05, 3.63) is 23.8 Å². The summed E-state index contributed by atoms with van der Waals surface area (Å²) in [6.07, 6.45) is 3.76. The van der Waals surface area contributed by atoms with Gasteiger partial charge in [-0.1, -0.05) is 18.9 Å². The van der Waals surface area contributed by atoms with E-state index in [9.17, 15) is 0 Å². The van der Waals surface area contributed by atoms with Crippen LogP contribution in [0, 0.1) is 5.92 Å². The van der Waals surface area contributed by atoms with Gasteiger partial charge in [0.25, 0.3) is 0 Å². The normalized spacial score (nSPS) is 16.4. The van der Waals surface area contributed by atoms with E-state index in [-0.39, 0.29) is 6.04 Å². The molecular weight excluding hydrogens is 226 g/mol. The number of nitrogens with two attached hydrogens (primary N) is 1. The van der Waals surface area contributed by atoms with Crippen molar-refractivity contribution in [2.45, 2.75) is 39.2 Å². The molecule has 0 bridgehead atoms. The Kier molecular flexibility index (Phi) is 4.48. The SMILES string of the molecule is CCOc1ccc(C(N)CC2CC2)cc1OCC. The van der Waals surface area contributed by atoms with Gasteiger partial charge in [0.2, 0.25) is 0 Å². The highest BCUT2D eigenvalue weighted by molar-refractivity contribution is 5.44. The Morgan fingerprint density at radius 1 is 1.17 bits per heavy atom. The zero-order chi connectivity index (χ0) is 13.0. The van der Waals surface area contributed by atoms with Gasteiger partial charge in [-0.25, -0.2) is 0 Å². The Balaban J connectivity index is 2.12. The highest BCUT2D eigenvalue weighted by Crippen LogP contribution is 2.38. The molecule has 3 heteroatoms. The monoisotopic (exact) mass is 249 g/mol. The zero-order valence-electron chi connectivity index (χ0n) is 11.3. The summed E-state index contributed by atoms with van der Waals surface area (Å²) in [6.45, 7) is 5.24. The van der Waals surface area contributed by atoms with Gasteiger partial charge in [0.15, 0.2) is 11.5 Å². The fraction of sp³-hybridized carbons (Fsp3) is 0.600. The summed E-state index contributed by atoms with van der Waals surface area (Å²) in [5.74, 6) is 2.45. The topological polar surface area (TPSA) is 44.5 Å². The standard InChI is InChI=1S/C15H23NO2/c1-3-17-14-8-7-12(10-15(14)18-4-2)13(16)9-11-5-6-11/h7-8,10-11,13H,3-6,9,16H2,1-2H3. The van der Waals surface area contributed by atoms with Gasteiger partial charge in [-0.3, -0.25) is 0 Å². The van der Waals surface area contributed by atoms with Gasteiger partial charge in [0.05, 0.1) is 13.2 Å². The third-order valence-corrected chi connectivity index (χ3v) is 3.28. The molecule has 0 aliphatic heterocycles. The van der Waals surface area contributed by atoms with E-state index in [1.54, 1.807) is 0 Å². The predicted octanol–water partition coefficient (Wildman–Crippen LogP) is 3.28. The third-order valence-electron chi connectivity index (χ3n) is 3.28. The van der Waals surface area contributed by atoms with Gasteiger partial charge < -0.3 is 15.2 Å². The highest BCUT2D eigenvalue weighted by atomic mass is 16.5. The molecule has 1 unspecified atom stereocenters. The smallest absolute Gasteiger partial charge is 0.161 e. The van der Waals surface area contributed by atoms with E-state index < -0.39 is 0 Å². The van der Waals surface area contributed by atoms with E-state index in [4.69, 9.17) is 15.2 Å². The minimum absolute atomic E-state index is 0.118. The first-order valence-electron chi connectivity index (χ1n) is 6.89. The van der Waals surface area contributed by atoms with Crippen LogP contribution >= 0.6 is 0 Å². The maximum absolute atomic E-state index is 6.23. The van der Waals surface area contributed by atoms with E-state index in [1.165, 1.54) is 12.8 Å². The molecule has 1 aliphatic carbocycles. The fourth-order valence-corrected chi connectivity index (χ4v) is 2.15. The summed E-state index contributed by atoms with van der Waals surface area (Å²) in [4.78, 5) is 0. The molecule has 2 N–H and O–H groups in total. The van der Waals surface area contributed by atoms with E-state index in [2.05, 4.69) is 6.07 Å². The third kappa shape index (κ3) is 3.39. The summed E-state index contributed by atoms with van der Waals surface area (Å²) in [5.41, 5.74) is 7.38. The van der Waals surface area contributed by atoms with Crippen LogP contribution < -0.4 is 15.2 Å². The van der Waals surface area contributed by atoms with Crippen molar-refractivity contribution in [2.75, 3.05) is 13.2 Å². The summed E-state index contributed by atoms with van der Waals surface area (Å²) < 4.78 is 11.2. The van der Waals surface area contributed by atoms with E-state index in [0.717, 1.165) is 29.4 Å². The number of hydrogen-bond acceptors (Lipinski definition) is 3. The second-order valence-corrected chi connectivity index (χ2v) is 4.86. The van der Waals surface area contributed by atoms with Gasteiger partial charge >= 0.3 is 0 Å². The molecule has 1 fully saturated rings. The second kappa shape index (κ2) is 6.10. The lowest BCUT2D eigenvalue weighted by Crippen LogP contribution is -2.11. The average molecular weight is 249 g/mol. The molecule has 1 aliphatic rings. The molecule has 1 aromatic rings. The Hall–Kier alpha value is -1.22. The molecule has 0 amide bonds. The Bertz CT molecular complexity index is 388. The van der Waals surface area contributed by atoms with Gasteiger partial charge in [0.1, 0.15) is 0 Å². The van der Waals surface area contributed by atoms with E-state index >= 15 is 0 Å². The van der Waals surface area contributed by atoms with Crippen LogP contribution in [0.1, 0.15) is 44.7 Å². The number of rotatable bonds is 7. The molecule has 0 saturated heterocycles. The first-order chi connectivity index (χ1) is 8.74. The second-order valence-electron chi connectivity index (χ2n) is 4.86. The molecule has 0 aromatic heterocycles. The Morgan fingerprint density at radius 3 is 2.44 bits per heavy atom. The lowest BCUT2D eigenvalue weighted by molar-refractivity contribution is 0.287. The molecule has 1 saturated carbocycles. The van der Waals surface area contributed by atoms with Gasteiger partial charge in [-0.15, -0.1) is 0 Å². The summed E-state index contributed by atoms with van der Waals surface area (Å²) in [6, 6.07) is 6.17. The van der Waals surface area contributed by atoms with Crippen molar-refractivity contribution in [3.8, 4) is 11.5 Å². The largest absolute Gasteiger partial charge is 0.490 e. The molecule has 18 heavy (non-hydrogen) atoms. The van der Waals surface area contributed by atoms with Crippen LogP contribution in [-0.4, -0.2) is 13.2 Å². The number of ether oxygens (including phenoxy) is 2. The Labute approximate surface area is 109 Å². The number of benzene rings is 1. The molecular formula is C15H23NO2. The van der Waals surface area contributed by atoms with E-state index in [1.807, 2.05) is 26.0 Å². The molecule has 0 heterocycles. The van der Waals surface area contributed by atoms with Crippen molar-refractivity contribution < 1.29 is 9.47 Å². The lowest BCUT2D eigenvalue weighted by atomic mass is 10.0. The van der Waals surface area contributed by atoms with Crippen molar-refractivity contribution >= 4 is 0 Å². The molecule has 2 rings (SSSR count). The molecule has 100 valence electrons. The predicted molar refractivity (Wildman–Crippen MR) is 73.0 cm³/mol. The number of hydrogen-bond donors (Lipinski definition) is 1. The molecule has 1 atom stereocenters. The van der Waals surface area contributed by atoms with Crippen molar-refractivity contribution in [2.24, 2.45) is 11.7 Å². The highest BCUT2D eigenvalue weighted by Gasteiger charge is 2.24. The average Bonchev–Trinajstić information content (AvgIpc) is 3.16. The fourth-order valence-electron chi connectivity index (χ4n) is 2.15. The first kappa shape index (κ1) is 13.2. The summed E-state index contributed by atoms with van der Waals surface area (Å²) in [5, 5.41) is 0. The summed E-state index contributed by atoms with van der Waals surface area (Å²) in [7, 11) is 0. The van der Waals surface area contributed by atoms with Crippen LogP contribution in [0.2, 0.25) is 0 Å². The van der Waals surface area contributed by atoms with Crippen LogP contribution in [-0.2, 0) is 0 Å². The van der Waals surface area contributed by atoms with Crippen LogP contribution in [0.3, 0.4) is 0 Å². The first-order valence-corrected chi connectivity index (χ1v) is 6.89. The Morgan fingerprint density at radius 2 is 1.83 bits per heavy atom. The van der Waals surface area contributed by atoms with Gasteiger partial charge in [0, 0.05) is 6.04 Å². The van der Waals surface area contributed by atoms with Crippen LogP contribution in [0.4, 0.5) is 0 Å².